The van der Waals surface area contributed by atoms with Gasteiger partial charge in [-0.25, -0.2) is 0 Å². The highest BCUT2D eigenvalue weighted by Crippen LogP contribution is 2.54. The second kappa shape index (κ2) is 10.9. The van der Waals surface area contributed by atoms with Crippen LogP contribution in [0, 0.1) is 23.7 Å². The van der Waals surface area contributed by atoms with Crippen molar-refractivity contribution in [1.82, 2.24) is 4.90 Å². The minimum absolute atomic E-state index is 0.00898. The first-order valence-electron chi connectivity index (χ1n) is 13.3. The molecular weight excluding hydrogens is 508 g/mol. The number of Topliss-reactive ketones (excluding diaryl/α,β-unsaturated/α-hetero) is 4. The summed E-state index contributed by atoms with van der Waals surface area (Å²) in [5, 5.41) is 34.1. The Hall–Kier alpha value is -2.99. The molecule has 39 heavy (non-hydrogen) atoms. The van der Waals surface area contributed by atoms with Gasteiger partial charge in [0, 0.05) is 18.4 Å². The number of hydrogen-bond donors (Lipinski definition) is 4. The topological polar surface area (TPSA) is 185 Å². The molecule has 2 fully saturated rings. The largest absolute Gasteiger partial charge is 0.507 e. The van der Waals surface area contributed by atoms with Gasteiger partial charge in [-0.3, -0.25) is 28.9 Å². The van der Waals surface area contributed by atoms with Gasteiger partial charge in [-0.2, -0.15) is 0 Å². The van der Waals surface area contributed by atoms with Crippen molar-refractivity contribution in [2.45, 2.75) is 56.3 Å². The monoisotopic (exact) mass is 544 g/mol. The minimum atomic E-state index is -3.02. The molecule has 0 bridgehead atoms. The van der Waals surface area contributed by atoms with Crippen LogP contribution in [0.3, 0.4) is 0 Å². The SMILES string of the molecule is CCCCCCOCC1c2cccc(O)c2C(=O)C2C(=O)C3(O)C(=O)C(C(N)=O)C(=O)C(N(C)C)C3C(O)C21. The molecule has 1 amide bonds. The lowest BCUT2D eigenvalue weighted by Gasteiger charge is -2.56. The second-order valence-electron chi connectivity index (χ2n) is 11.1. The van der Waals surface area contributed by atoms with E-state index in [-0.39, 0.29) is 17.9 Å². The fourth-order valence-corrected chi connectivity index (χ4v) is 6.81. The average molecular weight is 545 g/mol. The summed E-state index contributed by atoms with van der Waals surface area (Å²) in [7, 11) is 2.91. The molecule has 2 saturated carbocycles. The molecule has 0 radical (unpaired) electrons. The van der Waals surface area contributed by atoms with Crippen LogP contribution in [0.1, 0.15) is 54.4 Å². The van der Waals surface area contributed by atoms with E-state index in [1.807, 2.05) is 0 Å². The van der Waals surface area contributed by atoms with Crippen molar-refractivity contribution < 1.29 is 44.0 Å². The first kappa shape index (κ1) is 29.0. The minimum Gasteiger partial charge on any atom is -0.507 e. The van der Waals surface area contributed by atoms with E-state index in [2.05, 4.69) is 6.92 Å². The summed E-state index contributed by atoms with van der Waals surface area (Å²) in [6.07, 6.45) is 2.12. The van der Waals surface area contributed by atoms with Gasteiger partial charge in [0.2, 0.25) is 5.91 Å². The number of primary amides is 1. The van der Waals surface area contributed by atoms with Crippen LogP contribution in [0.4, 0.5) is 0 Å². The predicted octanol–water partition coefficient (Wildman–Crippen LogP) is -0.0242. The third-order valence-electron chi connectivity index (χ3n) is 8.59. The van der Waals surface area contributed by atoms with Crippen LogP contribution in [0.15, 0.2) is 18.2 Å². The van der Waals surface area contributed by atoms with Crippen LogP contribution < -0.4 is 5.73 Å². The number of aromatic hydroxyl groups is 1. The number of benzene rings is 1. The first-order chi connectivity index (χ1) is 18.4. The molecule has 4 rings (SSSR count). The number of phenols is 1. The van der Waals surface area contributed by atoms with E-state index in [4.69, 9.17) is 10.5 Å². The number of carbonyl (C=O) groups is 5. The molecule has 0 heterocycles. The van der Waals surface area contributed by atoms with Crippen LogP contribution >= 0.6 is 0 Å². The zero-order valence-corrected chi connectivity index (χ0v) is 22.3. The molecule has 0 spiro atoms. The van der Waals surface area contributed by atoms with Crippen molar-refractivity contribution >= 4 is 29.0 Å². The van der Waals surface area contributed by atoms with Crippen molar-refractivity contribution in [1.29, 1.82) is 0 Å². The molecule has 3 aliphatic carbocycles. The van der Waals surface area contributed by atoms with Crippen LogP contribution in [0.2, 0.25) is 0 Å². The van der Waals surface area contributed by atoms with Crippen LogP contribution in [-0.4, -0.2) is 94.3 Å². The lowest BCUT2D eigenvalue weighted by atomic mass is 9.49. The standard InChI is InChI=1S/C28H36N2O9/c1-4-5-6-7-11-39-12-14-13-9-8-10-15(31)16(13)22(32)18-17(14)23(33)20-21(30(2)3)24(34)19(27(29)37)26(36)28(20,38)25(18)35/h8-10,14,17-21,23,31,33,38H,4-7,11-12H2,1-3H3,(H2,29,37). The molecule has 11 nitrogen and oxygen atoms in total. The number of ether oxygens (including phenoxy) is 1. The lowest BCUT2D eigenvalue weighted by molar-refractivity contribution is -0.197. The number of aliphatic hydroxyl groups excluding tert-OH is 1. The Morgan fingerprint density at radius 3 is 2.41 bits per heavy atom. The normalized spacial score (nSPS) is 34.1. The maximum Gasteiger partial charge on any atom is 0.235 e. The molecule has 212 valence electrons. The third kappa shape index (κ3) is 4.41. The Morgan fingerprint density at radius 2 is 1.79 bits per heavy atom. The lowest BCUT2D eigenvalue weighted by Crippen LogP contribution is -2.77. The molecule has 5 N–H and O–H groups in total. The van der Waals surface area contributed by atoms with Crippen molar-refractivity contribution in [3.8, 4) is 5.75 Å². The highest BCUT2D eigenvalue weighted by molar-refractivity contribution is 6.32. The maximum atomic E-state index is 14.0. The number of carbonyl (C=O) groups excluding carboxylic acids is 5. The van der Waals surface area contributed by atoms with Crippen LogP contribution in [0.25, 0.3) is 0 Å². The summed E-state index contributed by atoms with van der Waals surface area (Å²) in [6.45, 7) is 2.47. The van der Waals surface area contributed by atoms with E-state index in [0.717, 1.165) is 25.7 Å². The van der Waals surface area contributed by atoms with Gasteiger partial charge in [-0.1, -0.05) is 38.3 Å². The number of nitrogens with zero attached hydrogens (tertiary/aromatic N) is 1. The van der Waals surface area contributed by atoms with E-state index in [1.165, 1.54) is 31.1 Å². The average Bonchev–Trinajstić information content (AvgIpc) is 2.87. The van der Waals surface area contributed by atoms with E-state index >= 15 is 0 Å². The summed E-state index contributed by atoms with van der Waals surface area (Å²) in [4.78, 5) is 67.9. The molecule has 1 aromatic rings. The van der Waals surface area contributed by atoms with Crippen molar-refractivity contribution in [2.75, 3.05) is 27.3 Å². The molecule has 0 aromatic heterocycles. The van der Waals surface area contributed by atoms with Gasteiger partial charge in [-0.15, -0.1) is 0 Å². The van der Waals surface area contributed by atoms with Gasteiger partial charge in [-0.05, 0) is 32.1 Å². The number of aliphatic hydroxyl groups is 2. The number of fused-ring (bicyclic) bond motifs is 3. The van der Waals surface area contributed by atoms with Gasteiger partial charge in [0.15, 0.2) is 34.7 Å². The Bertz CT molecular complexity index is 1200. The third-order valence-corrected chi connectivity index (χ3v) is 8.59. The van der Waals surface area contributed by atoms with Crippen molar-refractivity contribution in [2.24, 2.45) is 29.4 Å². The summed E-state index contributed by atoms with van der Waals surface area (Å²) >= 11 is 0. The summed E-state index contributed by atoms with van der Waals surface area (Å²) in [5.41, 5.74) is 2.54. The molecule has 0 saturated heterocycles. The van der Waals surface area contributed by atoms with Crippen LogP contribution in [0.5, 0.6) is 5.75 Å². The Kier molecular flexibility index (Phi) is 8.09. The molecule has 3 aliphatic rings. The first-order valence-corrected chi connectivity index (χ1v) is 13.3. The van der Waals surface area contributed by atoms with Crippen LogP contribution in [-0.2, 0) is 23.9 Å². The fourth-order valence-electron chi connectivity index (χ4n) is 6.81. The summed E-state index contributed by atoms with van der Waals surface area (Å²) in [6, 6.07) is 3.02. The van der Waals surface area contributed by atoms with Gasteiger partial charge in [0.05, 0.1) is 36.2 Å². The number of phenolic OH excluding ortho intramolecular Hbond substituents is 1. The fraction of sp³-hybridized carbons (Fsp3) is 0.607. The number of unbranched alkanes of at least 4 members (excludes halogenated alkanes) is 3. The maximum absolute atomic E-state index is 14.0. The molecule has 11 heteroatoms. The van der Waals surface area contributed by atoms with Gasteiger partial charge < -0.3 is 25.8 Å². The number of nitrogens with two attached hydrogens (primary N) is 1. The number of ketones is 4. The van der Waals surface area contributed by atoms with Gasteiger partial charge >= 0.3 is 0 Å². The smallest absolute Gasteiger partial charge is 0.235 e. The number of amides is 1. The summed E-state index contributed by atoms with van der Waals surface area (Å²) < 4.78 is 5.93. The van der Waals surface area contributed by atoms with Gasteiger partial charge in [0.1, 0.15) is 5.75 Å². The predicted molar refractivity (Wildman–Crippen MR) is 137 cm³/mol. The molecule has 0 aliphatic heterocycles. The summed E-state index contributed by atoms with van der Waals surface area (Å²) in [5.74, 6) is -13.6. The molecule has 8 unspecified atom stereocenters. The highest BCUT2D eigenvalue weighted by atomic mass is 16.5. The second-order valence-corrected chi connectivity index (χ2v) is 11.1. The highest BCUT2D eigenvalue weighted by Gasteiger charge is 2.73. The Labute approximate surface area is 226 Å². The molecule has 1 aromatic carbocycles. The Morgan fingerprint density at radius 1 is 1.10 bits per heavy atom. The van der Waals surface area contributed by atoms with E-state index in [1.54, 1.807) is 6.07 Å². The zero-order valence-electron chi connectivity index (χ0n) is 22.3. The van der Waals surface area contributed by atoms with E-state index < -0.39 is 76.4 Å². The number of hydrogen-bond acceptors (Lipinski definition) is 10. The van der Waals surface area contributed by atoms with E-state index in [0.29, 0.717) is 12.2 Å². The zero-order chi connectivity index (χ0) is 28.8. The van der Waals surface area contributed by atoms with Crippen molar-refractivity contribution in [3.05, 3.63) is 29.3 Å². The number of rotatable bonds is 9. The Balaban J connectivity index is 1.83. The van der Waals surface area contributed by atoms with E-state index in [9.17, 15) is 39.3 Å². The van der Waals surface area contributed by atoms with Crippen molar-refractivity contribution in [3.63, 3.8) is 0 Å². The quantitative estimate of drug-likeness (QED) is 0.243. The molecular formula is C28H36N2O9. The number of likely N-dealkylation sites (N-methyl/N-ethyl adjacent to an activating group) is 1. The molecule has 8 atom stereocenters. The van der Waals surface area contributed by atoms with Gasteiger partial charge in [0.25, 0.3) is 0 Å².